The van der Waals surface area contributed by atoms with E-state index in [4.69, 9.17) is 10.4 Å². The first-order valence-electron chi connectivity index (χ1n) is 6.64. The summed E-state index contributed by atoms with van der Waals surface area (Å²) >= 11 is 0. The number of carboxylic acid groups (broad SMARTS) is 1. The Kier molecular flexibility index (Phi) is 5.61. The topological polar surface area (TPSA) is 93.4 Å². The summed E-state index contributed by atoms with van der Waals surface area (Å²) in [5, 5.41) is 20.5. The highest BCUT2D eigenvalue weighted by atomic mass is 16.4. The lowest BCUT2D eigenvalue weighted by Gasteiger charge is -2.28. The van der Waals surface area contributed by atoms with Gasteiger partial charge in [-0.05, 0) is 26.7 Å². The van der Waals surface area contributed by atoms with Crippen molar-refractivity contribution in [3.63, 3.8) is 0 Å². The van der Waals surface area contributed by atoms with Crippen LogP contribution in [-0.2, 0) is 4.79 Å². The standard InChI is InChI=1S/C13H21N3O3/c1-9(2)16(8-4-7-14)13(19)15-11-6-3-5-10(11)12(17)18/h9-11H,3-6,8H2,1-2H3,(H,15,19)(H,17,18). The van der Waals surface area contributed by atoms with Crippen LogP contribution in [0, 0.1) is 17.2 Å². The van der Waals surface area contributed by atoms with E-state index in [1.54, 1.807) is 4.90 Å². The van der Waals surface area contributed by atoms with Gasteiger partial charge in [0, 0.05) is 18.6 Å². The number of nitriles is 1. The lowest BCUT2D eigenvalue weighted by molar-refractivity contribution is -0.142. The van der Waals surface area contributed by atoms with E-state index in [0.29, 0.717) is 19.4 Å². The van der Waals surface area contributed by atoms with Crippen molar-refractivity contribution in [2.75, 3.05) is 6.54 Å². The summed E-state index contributed by atoms with van der Waals surface area (Å²) in [5.74, 6) is -1.34. The number of carboxylic acids is 1. The van der Waals surface area contributed by atoms with Crippen molar-refractivity contribution >= 4 is 12.0 Å². The summed E-state index contributed by atoms with van der Waals surface area (Å²) in [6.07, 6.45) is 2.41. The van der Waals surface area contributed by atoms with Gasteiger partial charge in [0.1, 0.15) is 0 Å². The Labute approximate surface area is 113 Å². The van der Waals surface area contributed by atoms with Crippen molar-refractivity contribution in [2.45, 2.75) is 51.6 Å². The second-order valence-electron chi connectivity index (χ2n) is 5.13. The van der Waals surface area contributed by atoms with Crippen LogP contribution in [0.3, 0.4) is 0 Å². The molecule has 1 aliphatic rings. The molecule has 2 N–H and O–H groups in total. The third-order valence-electron chi connectivity index (χ3n) is 3.49. The molecule has 2 unspecified atom stereocenters. The van der Waals surface area contributed by atoms with Crippen LogP contribution in [-0.4, -0.2) is 40.6 Å². The first-order valence-corrected chi connectivity index (χ1v) is 6.64. The molecule has 2 amide bonds. The number of carbonyl (C=O) groups excluding carboxylic acids is 1. The van der Waals surface area contributed by atoms with Crippen LogP contribution in [0.15, 0.2) is 0 Å². The van der Waals surface area contributed by atoms with Gasteiger partial charge in [0.15, 0.2) is 0 Å². The summed E-state index contributed by atoms with van der Waals surface area (Å²) in [5.41, 5.74) is 0. The van der Waals surface area contributed by atoms with E-state index < -0.39 is 11.9 Å². The van der Waals surface area contributed by atoms with Crippen LogP contribution >= 0.6 is 0 Å². The molecular weight excluding hydrogens is 246 g/mol. The van der Waals surface area contributed by atoms with Gasteiger partial charge < -0.3 is 15.3 Å². The monoisotopic (exact) mass is 267 g/mol. The van der Waals surface area contributed by atoms with Crippen LogP contribution in [0.2, 0.25) is 0 Å². The van der Waals surface area contributed by atoms with E-state index >= 15 is 0 Å². The molecule has 19 heavy (non-hydrogen) atoms. The summed E-state index contributed by atoms with van der Waals surface area (Å²) in [7, 11) is 0. The molecule has 1 saturated carbocycles. The molecule has 0 aliphatic heterocycles. The second kappa shape index (κ2) is 6.98. The van der Waals surface area contributed by atoms with Gasteiger partial charge in [0.05, 0.1) is 18.4 Å². The zero-order valence-electron chi connectivity index (χ0n) is 11.4. The highest BCUT2D eigenvalue weighted by Crippen LogP contribution is 2.26. The molecule has 106 valence electrons. The van der Waals surface area contributed by atoms with Gasteiger partial charge in [0.25, 0.3) is 0 Å². The van der Waals surface area contributed by atoms with E-state index in [9.17, 15) is 9.59 Å². The maximum Gasteiger partial charge on any atom is 0.317 e. The number of amides is 2. The lowest BCUT2D eigenvalue weighted by atomic mass is 10.0. The maximum atomic E-state index is 12.1. The highest BCUT2D eigenvalue weighted by molar-refractivity contribution is 5.77. The molecule has 0 radical (unpaired) electrons. The van der Waals surface area contributed by atoms with Crippen molar-refractivity contribution in [3.8, 4) is 6.07 Å². The van der Waals surface area contributed by atoms with Gasteiger partial charge in [-0.3, -0.25) is 4.79 Å². The Balaban J connectivity index is 2.61. The van der Waals surface area contributed by atoms with Crippen molar-refractivity contribution in [1.29, 1.82) is 5.26 Å². The van der Waals surface area contributed by atoms with Crippen LogP contribution < -0.4 is 5.32 Å². The van der Waals surface area contributed by atoms with Gasteiger partial charge in [-0.25, -0.2) is 4.79 Å². The average molecular weight is 267 g/mol. The second-order valence-corrected chi connectivity index (χ2v) is 5.13. The molecular formula is C13H21N3O3. The van der Waals surface area contributed by atoms with Gasteiger partial charge in [0.2, 0.25) is 0 Å². The van der Waals surface area contributed by atoms with Gasteiger partial charge in [-0.15, -0.1) is 0 Å². The minimum absolute atomic E-state index is 0.0157. The minimum Gasteiger partial charge on any atom is -0.481 e. The van der Waals surface area contributed by atoms with Crippen molar-refractivity contribution in [2.24, 2.45) is 5.92 Å². The van der Waals surface area contributed by atoms with Crippen molar-refractivity contribution in [1.82, 2.24) is 10.2 Å². The predicted molar refractivity (Wildman–Crippen MR) is 69.4 cm³/mol. The van der Waals surface area contributed by atoms with Gasteiger partial charge in [-0.1, -0.05) is 6.42 Å². The largest absolute Gasteiger partial charge is 0.481 e. The van der Waals surface area contributed by atoms with Crippen molar-refractivity contribution in [3.05, 3.63) is 0 Å². The number of nitrogens with one attached hydrogen (secondary N) is 1. The molecule has 1 fully saturated rings. The summed E-state index contributed by atoms with van der Waals surface area (Å²) in [6.45, 7) is 4.12. The normalized spacial score (nSPS) is 22.0. The Morgan fingerprint density at radius 1 is 1.47 bits per heavy atom. The van der Waals surface area contributed by atoms with Crippen LogP contribution in [0.5, 0.6) is 0 Å². The average Bonchev–Trinajstić information content (AvgIpc) is 2.77. The first kappa shape index (κ1) is 15.3. The molecule has 0 bridgehead atoms. The number of carbonyl (C=O) groups is 2. The fourth-order valence-electron chi connectivity index (χ4n) is 2.43. The number of aliphatic carboxylic acids is 1. The van der Waals surface area contributed by atoms with E-state index in [1.165, 1.54) is 0 Å². The Morgan fingerprint density at radius 3 is 2.68 bits per heavy atom. The minimum atomic E-state index is -0.851. The molecule has 6 nitrogen and oxygen atoms in total. The summed E-state index contributed by atoms with van der Waals surface area (Å²) in [6, 6.07) is 1.42. The van der Waals surface area contributed by atoms with E-state index in [0.717, 1.165) is 6.42 Å². The smallest absolute Gasteiger partial charge is 0.317 e. The lowest BCUT2D eigenvalue weighted by Crippen LogP contribution is -2.49. The molecule has 0 aromatic carbocycles. The van der Waals surface area contributed by atoms with E-state index in [2.05, 4.69) is 5.32 Å². The fraction of sp³-hybridized carbons (Fsp3) is 0.769. The van der Waals surface area contributed by atoms with Crippen LogP contribution in [0.4, 0.5) is 4.79 Å². The quantitative estimate of drug-likeness (QED) is 0.790. The zero-order chi connectivity index (χ0) is 14.4. The number of rotatable bonds is 5. The molecule has 0 aromatic rings. The Bertz CT molecular complexity index is 376. The van der Waals surface area contributed by atoms with Crippen molar-refractivity contribution < 1.29 is 14.7 Å². The number of nitrogens with zero attached hydrogens (tertiary/aromatic N) is 2. The predicted octanol–water partition coefficient (Wildman–Crippen LogP) is 1.57. The molecule has 1 aliphatic carbocycles. The first-order chi connectivity index (χ1) is 8.97. The Hall–Kier alpha value is -1.77. The maximum absolute atomic E-state index is 12.1. The van der Waals surface area contributed by atoms with E-state index in [-0.39, 0.29) is 24.5 Å². The van der Waals surface area contributed by atoms with Gasteiger partial charge in [-0.2, -0.15) is 5.26 Å². The summed E-state index contributed by atoms with van der Waals surface area (Å²) in [4.78, 5) is 24.8. The number of urea groups is 1. The molecule has 0 aromatic heterocycles. The number of hydrogen-bond acceptors (Lipinski definition) is 3. The molecule has 0 saturated heterocycles. The third kappa shape index (κ3) is 4.12. The Morgan fingerprint density at radius 2 is 2.16 bits per heavy atom. The van der Waals surface area contributed by atoms with Crippen LogP contribution in [0.1, 0.15) is 39.5 Å². The SMILES string of the molecule is CC(C)N(CCC#N)C(=O)NC1CCCC1C(=O)O. The zero-order valence-corrected chi connectivity index (χ0v) is 11.4. The third-order valence-corrected chi connectivity index (χ3v) is 3.49. The van der Waals surface area contributed by atoms with Crippen LogP contribution in [0.25, 0.3) is 0 Å². The molecule has 2 atom stereocenters. The highest BCUT2D eigenvalue weighted by Gasteiger charge is 2.34. The number of hydrogen-bond donors (Lipinski definition) is 2. The van der Waals surface area contributed by atoms with E-state index in [1.807, 2.05) is 19.9 Å². The summed E-state index contributed by atoms with van der Waals surface area (Å²) < 4.78 is 0. The molecule has 1 rings (SSSR count). The molecule has 0 spiro atoms. The fourth-order valence-corrected chi connectivity index (χ4v) is 2.43. The molecule has 0 heterocycles. The van der Waals surface area contributed by atoms with Gasteiger partial charge >= 0.3 is 12.0 Å². The molecule has 6 heteroatoms.